The first-order valence-electron chi connectivity index (χ1n) is 9.48. The number of fused-ring (bicyclic) bond motifs is 2. The van der Waals surface area contributed by atoms with Crippen molar-refractivity contribution in [2.24, 2.45) is 0 Å². The number of rotatable bonds is 4. The van der Waals surface area contributed by atoms with Gasteiger partial charge in [0.1, 0.15) is 0 Å². The van der Waals surface area contributed by atoms with Gasteiger partial charge in [-0.25, -0.2) is 9.50 Å². The molecule has 0 bridgehead atoms. The first-order chi connectivity index (χ1) is 14.6. The fourth-order valence-corrected chi connectivity index (χ4v) is 4.89. The van der Waals surface area contributed by atoms with E-state index >= 15 is 0 Å². The smallest absolute Gasteiger partial charge is 0.253 e. The molecule has 5 nitrogen and oxygen atoms in total. The number of Topliss-reactive ketones (excluding diaryl/α,β-unsaturated/α-hetero) is 1. The predicted molar refractivity (Wildman–Crippen MR) is 119 cm³/mol. The third-order valence-electron chi connectivity index (χ3n) is 5.22. The molecule has 8 heteroatoms. The highest BCUT2D eigenvalue weighted by molar-refractivity contribution is 7.98. The molecule has 0 radical (unpaired) electrons. The minimum Gasteiger partial charge on any atom is -0.294 e. The number of hydrogen-bond acceptors (Lipinski definition) is 5. The van der Waals surface area contributed by atoms with Crippen LogP contribution in [-0.2, 0) is 12.2 Å². The molecule has 2 heterocycles. The van der Waals surface area contributed by atoms with Crippen molar-refractivity contribution in [3.63, 3.8) is 0 Å². The number of nitrogens with zero attached hydrogens (tertiary/aromatic N) is 4. The molecule has 1 unspecified atom stereocenters. The Kier molecular flexibility index (Phi) is 5.23. The fourth-order valence-electron chi connectivity index (χ4n) is 3.65. The summed E-state index contributed by atoms with van der Waals surface area (Å²) in [5.74, 6) is 1.33. The second kappa shape index (κ2) is 8.02. The third-order valence-corrected chi connectivity index (χ3v) is 6.73. The van der Waals surface area contributed by atoms with Gasteiger partial charge in [-0.05, 0) is 41.7 Å². The lowest BCUT2D eigenvalue weighted by atomic mass is 9.82. The standard InChI is InChI=1S/C22H16Cl2N4OS/c23-16-7-5-13(6-8-16)15-9-19-17(20(29)10-15)11-28-21(25-19)26-22(27-28)30-12-14-3-1-2-4-18(14)24/h1-8,11,15H,9-10,12H2. The second-order valence-electron chi connectivity index (χ2n) is 7.20. The molecule has 4 aromatic rings. The summed E-state index contributed by atoms with van der Waals surface area (Å²) in [4.78, 5) is 22.0. The molecule has 0 N–H and O–H groups in total. The molecule has 2 aromatic carbocycles. The van der Waals surface area contributed by atoms with Gasteiger partial charge < -0.3 is 0 Å². The topological polar surface area (TPSA) is 60.2 Å². The van der Waals surface area contributed by atoms with Crippen molar-refractivity contribution in [3.05, 3.63) is 87.2 Å². The maximum atomic E-state index is 12.8. The highest BCUT2D eigenvalue weighted by Gasteiger charge is 2.28. The Morgan fingerprint density at radius 3 is 2.63 bits per heavy atom. The van der Waals surface area contributed by atoms with Gasteiger partial charge in [-0.1, -0.05) is 65.3 Å². The number of hydrogen-bond donors (Lipinski definition) is 0. The Morgan fingerprint density at radius 1 is 1.03 bits per heavy atom. The molecule has 0 saturated heterocycles. The van der Waals surface area contributed by atoms with E-state index in [1.165, 1.54) is 11.8 Å². The number of halogens is 2. The van der Waals surface area contributed by atoms with Crippen molar-refractivity contribution in [1.29, 1.82) is 0 Å². The quantitative estimate of drug-likeness (QED) is 0.373. The van der Waals surface area contributed by atoms with Gasteiger partial charge in [0.2, 0.25) is 5.16 Å². The zero-order valence-electron chi connectivity index (χ0n) is 15.8. The normalized spacial score (nSPS) is 16.1. The monoisotopic (exact) mass is 454 g/mol. The van der Waals surface area contributed by atoms with Crippen LogP contribution >= 0.6 is 35.0 Å². The lowest BCUT2D eigenvalue weighted by molar-refractivity contribution is 0.0962. The van der Waals surface area contributed by atoms with Crippen LogP contribution in [0.2, 0.25) is 10.0 Å². The summed E-state index contributed by atoms with van der Waals surface area (Å²) in [7, 11) is 0. The van der Waals surface area contributed by atoms with E-state index in [9.17, 15) is 4.79 Å². The van der Waals surface area contributed by atoms with Gasteiger partial charge in [-0.15, -0.1) is 5.10 Å². The van der Waals surface area contributed by atoms with Crippen LogP contribution in [0.3, 0.4) is 0 Å². The molecular formula is C22H16Cl2N4OS. The van der Waals surface area contributed by atoms with Crippen molar-refractivity contribution in [2.75, 3.05) is 0 Å². The molecule has 2 aromatic heterocycles. The van der Waals surface area contributed by atoms with E-state index in [-0.39, 0.29) is 11.7 Å². The average Bonchev–Trinajstić information content (AvgIpc) is 3.14. The minimum absolute atomic E-state index is 0.0753. The van der Waals surface area contributed by atoms with Crippen molar-refractivity contribution in [2.45, 2.75) is 29.7 Å². The van der Waals surface area contributed by atoms with Gasteiger partial charge in [0.15, 0.2) is 5.78 Å². The summed E-state index contributed by atoms with van der Waals surface area (Å²) in [6, 6.07) is 15.4. The summed E-state index contributed by atoms with van der Waals surface area (Å²) in [5, 5.41) is 6.50. The Balaban J connectivity index is 1.41. The SMILES string of the molecule is O=C1CC(c2ccc(Cl)cc2)Cc2nc3nc(SCc4ccccc4Cl)nn3cc21. The van der Waals surface area contributed by atoms with E-state index < -0.39 is 0 Å². The van der Waals surface area contributed by atoms with Crippen molar-refractivity contribution >= 4 is 46.5 Å². The molecule has 0 aliphatic heterocycles. The highest BCUT2D eigenvalue weighted by atomic mass is 35.5. The van der Waals surface area contributed by atoms with Crippen molar-refractivity contribution < 1.29 is 4.79 Å². The summed E-state index contributed by atoms with van der Waals surface area (Å²) in [5.41, 5.74) is 3.52. The van der Waals surface area contributed by atoms with Crippen molar-refractivity contribution in [1.82, 2.24) is 19.6 Å². The summed E-state index contributed by atoms with van der Waals surface area (Å²) in [6.07, 6.45) is 2.89. The van der Waals surface area contributed by atoms with Gasteiger partial charge >= 0.3 is 0 Å². The third kappa shape index (κ3) is 3.83. The number of ketones is 1. The van der Waals surface area contributed by atoms with Gasteiger partial charge in [0.05, 0.1) is 11.3 Å². The number of thioether (sulfide) groups is 1. The molecule has 1 aliphatic rings. The zero-order chi connectivity index (χ0) is 20.7. The zero-order valence-corrected chi connectivity index (χ0v) is 18.1. The van der Waals surface area contributed by atoms with Crippen LogP contribution in [0.15, 0.2) is 59.9 Å². The van der Waals surface area contributed by atoms with E-state index in [1.807, 2.05) is 48.5 Å². The van der Waals surface area contributed by atoms with Crippen LogP contribution in [0.25, 0.3) is 5.78 Å². The molecule has 150 valence electrons. The molecular weight excluding hydrogens is 439 g/mol. The number of benzene rings is 2. The molecule has 0 fully saturated rings. The maximum Gasteiger partial charge on any atom is 0.253 e. The Morgan fingerprint density at radius 2 is 1.83 bits per heavy atom. The first kappa shape index (κ1) is 19.5. The van der Waals surface area contributed by atoms with Crippen LogP contribution in [-0.4, -0.2) is 25.4 Å². The van der Waals surface area contributed by atoms with E-state index in [4.69, 9.17) is 23.2 Å². The van der Waals surface area contributed by atoms with Crippen LogP contribution in [0.5, 0.6) is 0 Å². The van der Waals surface area contributed by atoms with Crippen LogP contribution in [0.4, 0.5) is 0 Å². The first-order valence-corrected chi connectivity index (χ1v) is 11.2. The van der Waals surface area contributed by atoms with E-state index in [1.54, 1.807) is 10.7 Å². The number of carbonyl (C=O) groups excluding carboxylic acids is 1. The summed E-state index contributed by atoms with van der Waals surface area (Å²) < 4.78 is 1.59. The molecule has 1 aliphatic carbocycles. The Bertz CT molecular complexity index is 1260. The lowest BCUT2D eigenvalue weighted by Gasteiger charge is -2.23. The molecule has 1 atom stereocenters. The highest BCUT2D eigenvalue weighted by Crippen LogP contribution is 2.33. The maximum absolute atomic E-state index is 12.8. The van der Waals surface area contributed by atoms with Crippen LogP contribution in [0, 0.1) is 0 Å². The van der Waals surface area contributed by atoms with Crippen LogP contribution < -0.4 is 0 Å². The second-order valence-corrected chi connectivity index (χ2v) is 8.99. The molecule has 0 saturated carbocycles. The van der Waals surface area contributed by atoms with Gasteiger partial charge in [0, 0.05) is 28.4 Å². The molecule has 5 rings (SSSR count). The lowest BCUT2D eigenvalue weighted by Crippen LogP contribution is -2.21. The summed E-state index contributed by atoms with van der Waals surface area (Å²) >= 11 is 13.7. The van der Waals surface area contributed by atoms with Gasteiger partial charge in [-0.2, -0.15) is 4.98 Å². The van der Waals surface area contributed by atoms with E-state index in [0.29, 0.717) is 40.1 Å². The Labute approximate surface area is 187 Å². The number of carbonyl (C=O) groups is 1. The molecule has 30 heavy (non-hydrogen) atoms. The van der Waals surface area contributed by atoms with Crippen LogP contribution in [0.1, 0.15) is 39.5 Å². The molecule has 0 amide bonds. The van der Waals surface area contributed by atoms with Gasteiger partial charge in [0.25, 0.3) is 5.78 Å². The van der Waals surface area contributed by atoms with Crippen molar-refractivity contribution in [3.8, 4) is 0 Å². The molecule has 0 spiro atoms. The fraction of sp³-hybridized carbons (Fsp3) is 0.182. The average molecular weight is 455 g/mol. The Hall–Kier alpha value is -2.41. The van der Waals surface area contributed by atoms with E-state index in [2.05, 4.69) is 15.1 Å². The van der Waals surface area contributed by atoms with Gasteiger partial charge in [-0.3, -0.25) is 4.79 Å². The predicted octanol–water partition coefficient (Wildman–Crippen LogP) is 5.64. The number of aromatic nitrogens is 4. The minimum atomic E-state index is 0.0753. The summed E-state index contributed by atoms with van der Waals surface area (Å²) in [6.45, 7) is 0. The van der Waals surface area contributed by atoms with E-state index in [0.717, 1.165) is 21.8 Å². The largest absolute Gasteiger partial charge is 0.294 e.